The van der Waals surface area contributed by atoms with Gasteiger partial charge in [-0.1, -0.05) is 0 Å². The van der Waals surface area contributed by atoms with Crippen molar-refractivity contribution in [3.05, 3.63) is 28.7 Å². The highest BCUT2D eigenvalue weighted by molar-refractivity contribution is 5.61. The van der Waals surface area contributed by atoms with Crippen LogP contribution in [0.2, 0.25) is 0 Å². The van der Waals surface area contributed by atoms with Gasteiger partial charge in [-0.05, 0) is 19.1 Å². The monoisotopic (exact) mass is 231 g/mol. The third kappa shape index (κ3) is 2.36. The molecule has 1 fully saturated rings. The number of carbonyl (C=O) groups is 1. The Morgan fingerprint density at radius 2 is 2.00 bits per heavy atom. The zero-order valence-corrected chi connectivity index (χ0v) is 9.83. The quantitative estimate of drug-likeness (QED) is 0.575. The molecule has 1 aliphatic rings. The normalized spacial score (nSPS) is 15.5. The number of carbonyl (C=O) groups excluding carboxylic acids is 1. The van der Waals surface area contributed by atoms with Gasteiger partial charge >= 0.3 is 5.69 Å². The summed E-state index contributed by atoms with van der Waals surface area (Å²) in [5.41, 5.74) is 2.66. The maximum Gasteiger partial charge on any atom is 0.388 e. The highest BCUT2D eigenvalue weighted by Gasteiger charge is 2.18. The summed E-state index contributed by atoms with van der Waals surface area (Å²) in [6.45, 7) is 5.12. The average Bonchev–Trinajstić information content (AvgIpc) is 2.39. The summed E-state index contributed by atoms with van der Waals surface area (Å²) in [4.78, 5) is 17.8. The lowest BCUT2D eigenvalue weighted by Crippen LogP contribution is -2.45. The van der Waals surface area contributed by atoms with Crippen LogP contribution in [-0.2, 0) is 4.79 Å². The van der Waals surface area contributed by atoms with Gasteiger partial charge in [0.05, 0.1) is 0 Å². The van der Waals surface area contributed by atoms with Crippen molar-refractivity contribution in [3.63, 3.8) is 0 Å². The van der Waals surface area contributed by atoms with E-state index in [1.54, 1.807) is 11.0 Å². The predicted octanol–water partition coefficient (Wildman–Crippen LogP) is 1.76. The van der Waals surface area contributed by atoms with Crippen LogP contribution >= 0.6 is 0 Å². The third-order valence-corrected chi connectivity index (χ3v) is 3.12. The van der Waals surface area contributed by atoms with Crippen molar-refractivity contribution in [2.75, 3.05) is 31.1 Å². The molecule has 1 heterocycles. The molecule has 0 spiro atoms. The standard InChI is InChI=1S/C12H15N4O/c1-10-8-11(2-3-12(10)14-13)16-6-4-15(9-17)5-7-16/h2-3,8-9H,4-7H2,1H3/q+1. The molecule has 0 radical (unpaired) electrons. The summed E-state index contributed by atoms with van der Waals surface area (Å²) >= 11 is 0. The van der Waals surface area contributed by atoms with E-state index in [2.05, 4.69) is 9.88 Å². The number of benzene rings is 1. The molecule has 5 heteroatoms. The summed E-state index contributed by atoms with van der Waals surface area (Å²) in [6, 6.07) is 5.75. The number of diazo groups is 1. The van der Waals surface area contributed by atoms with E-state index < -0.39 is 0 Å². The Hall–Kier alpha value is -2.09. The van der Waals surface area contributed by atoms with Crippen molar-refractivity contribution in [1.29, 1.82) is 5.39 Å². The van der Waals surface area contributed by atoms with Crippen LogP contribution < -0.4 is 4.90 Å². The minimum absolute atomic E-state index is 0.597. The Morgan fingerprint density at radius 1 is 1.29 bits per heavy atom. The summed E-state index contributed by atoms with van der Waals surface area (Å²) in [5, 5.41) is 8.75. The molecule has 0 atom stereocenters. The van der Waals surface area contributed by atoms with E-state index in [9.17, 15) is 4.79 Å². The molecule has 1 aromatic carbocycles. The highest BCUT2D eigenvalue weighted by atomic mass is 16.1. The molecule has 17 heavy (non-hydrogen) atoms. The molecule has 0 aromatic heterocycles. The van der Waals surface area contributed by atoms with Gasteiger partial charge in [-0.3, -0.25) is 4.79 Å². The van der Waals surface area contributed by atoms with Gasteiger partial charge in [0.1, 0.15) is 0 Å². The molecule has 1 amide bonds. The van der Waals surface area contributed by atoms with Crippen molar-refractivity contribution in [1.82, 2.24) is 4.90 Å². The van der Waals surface area contributed by atoms with Crippen molar-refractivity contribution >= 4 is 17.8 Å². The Kier molecular flexibility index (Phi) is 3.24. The fourth-order valence-corrected chi connectivity index (χ4v) is 2.03. The Morgan fingerprint density at radius 3 is 2.53 bits per heavy atom. The molecule has 0 N–H and O–H groups in total. The van der Waals surface area contributed by atoms with Gasteiger partial charge in [0.15, 0.2) is 4.98 Å². The second-order valence-corrected chi connectivity index (χ2v) is 4.20. The van der Waals surface area contributed by atoms with Crippen LogP contribution in [0, 0.1) is 12.3 Å². The number of nitrogens with zero attached hydrogens (tertiary/aromatic N) is 4. The molecule has 1 saturated heterocycles. The fourth-order valence-electron chi connectivity index (χ4n) is 2.03. The van der Waals surface area contributed by atoms with Gasteiger partial charge in [-0.25, -0.2) is 0 Å². The highest BCUT2D eigenvalue weighted by Crippen LogP contribution is 2.25. The van der Waals surface area contributed by atoms with Crippen molar-refractivity contribution in [3.8, 4) is 0 Å². The zero-order valence-electron chi connectivity index (χ0n) is 9.83. The van der Waals surface area contributed by atoms with E-state index in [0.29, 0.717) is 5.69 Å². The van der Waals surface area contributed by atoms with E-state index in [-0.39, 0.29) is 0 Å². The maximum absolute atomic E-state index is 10.6. The lowest BCUT2D eigenvalue weighted by Gasteiger charge is -2.34. The molecular formula is C12H15N4O+. The van der Waals surface area contributed by atoms with Crippen molar-refractivity contribution < 1.29 is 4.79 Å². The smallest absolute Gasteiger partial charge is 0.368 e. The molecule has 2 rings (SSSR count). The van der Waals surface area contributed by atoms with Crippen LogP contribution in [-0.4, -0.2) is 37.5 Å². The number of hydrogen-bond donors (Lipinski definition) is 0. The first-order valence-electron chi connectivity index (χ1n) is 5.64. The minimum atomic E-state index is 0.597. The first-order chi connectivity index (χ1) is 8.24. The van der Waals surface area contributed by atoms with E-state index >= 15 is 0 Å². The average molecular weight is 231 g/mol. The largest absolute Gasteiger partial charge is 0.388 e. The Balaban J connectivity index is 2.11. The first kappa shape index (κ1) is 11.4. The van der Waals surface area contributed by atoms with E-state index in [4.69, 9.17) is 5.39 Å². The molecule has 88 valence electrons. The molecular weight excluding hydrogens is 216 g/mol. The van der Waals surface area contributed by atoms with Crippen molar-refractivity contribution in [2.45, 2.75) is 6.92 Å². The molecule has 0 unspecified atom stereocenters. The molecule has 1 aliphatic heterocycles. The molecule has 5 nitrogen and oxygen atoms in total. The predicted molar refractivity (Wildman–Crippen MR) is 65.8 cm³/mol. The number of anilines is 1. The molecule has 0 saturated carbocycles. The zero-order chi connectivity index (χ0) is 12.3. The van der Waals surface area contributed by atoms with Gasteiger partial charge in [-0.15, -0.1) is 0 Å². The van der Waals surface area contributed by atoms with Gasteiger partial charge in [0.2, 0.25) is 11.8 Å². The minimum Gasteiger partial charge on any atom is -0.368 e. The van der Waals surface area contributed by atoms with Gasteiger partial charge in [-0.2, -0.15) is 0 Å². The summed E-state index contributed by atoms with van der Waals surface area (Å²) in [7, 11) is 0. The molecule has 1 aromatic rings. The van der Waals surface area contributed by atoms with Crippen LogP contribution in [0.3, 0.4) is 0 Å². The number of aryl methyl sites for hydroxylation is 1. The number of rotatable bonds is 2. The van der Waals surface area contributed by atoms with E-state index in [1.165, 1.54) is 0 Å². The summed E-state index contributed by atoms with van der Waals surface area (Å²) in [6.07, 6.45) is 0.899. The maximum atomic E-state index is 10.6. The van der Waals surface area contributed by atoms with Gasteiger partial charge in [0.25, 0.3) is 0 Å². The topological polar surface area (TPSA) is 51.7 Å². The van der Waals surface area contributed by atoms with Crippen LogP contribution in [0.5, 0.6) is 0 Å². The number of amides is 1. The van der Waals surface area contributed by atoms with Gasteiger partial charge in [0, 0.05) is 43.5 Å². The Bertz CT molecular complexity index is 458. The van der Waals surface area contributed by atoms with E-state index in [0.717, 1.165) is 43.8 Å². The van der Waals surface area contributed by atoms with Crippen LogP contribution in [0.15, 0.2) is 18.2 Å². The summed E-state index contributed by atoms with van der Waals surface area (Å²) < 4.78 is 0. The SMILES string of the molecule is Cc1cc(N2CCN(C=O)CC2)ccc1[N+]#N. The lowest BCUT2D eigenvalue weighted by atomic mass is 10.1. The van der Waals surface area contributed by atoms with Crippen LogP contribution in [0.4, 0.5) is 11.4 Å². The first-order valence-corrected chi connectivity index (χ1v) is 5.64. The fraction of sp³-hybridized carbons (Fsp3) is 0.417. The summed E-state index contributed by atoms with van der Waals surface area (Å²) in [5.74, 6) is 0. The molecule has 0 aliphatic carbocycles. The van der Waals surface area contributed by atoms with Crippen molar-refractivity contribution in [2.24, 2.45) is 0 Å². The second-order valence-electron chi connectivity index (χ2n) is 4.20. The van der Waals surface area contributed by atoms with Crippen LogP contribution in [0.25, 0.3) is 4.98 Å². The lowest BCUT2D eigenvalue weighted by molar-refractivity contribution is -0.118. The van der Waals surface area contributed by atoms with Gasteiger partial charge < -0.3 is 9.80 Å². The molecule has 0 bridgehead atoms. The Labute approximate surface area is 100 Å². The number of piperazine rings is 1. The second kappa shape index (κ2) is 4.83. The van der Waals surface area contributed by atoms with E-state index in [1.807, 2.05) is 19.1 Å². The number of hydrogen-bond acceptors (Lipinski definition) is 3. The third-order valence-electron chi connectivity index (χ3n) is 3.12. The van der Waals surface area contributed by atoms with Crippen LogP contribution in [0.1, 0.15) is 5.56 Å².